The Balaban J connectivity index is 2.02. The molecule has 0 spiro atoms. The van der Waals surface area contributed by atoms with E-state index in [1.54, 1.807) is 0 Å². The lowest BCUT2D eigenvalue weighted by Crippen LogP contribution is -2.27. The smallest absolute Gasteiger partial charge is 0.227 e. The summed E-state index contributed by atoms with van der Waals surface area (Å²) in [5.41, 5.74) is 2.16. The van der Waals surface area contributed by atoms with Crippen molar-refractivity contribution < 1.29 is 4.79 Å². The van der Waals surface area contributed by atoms with Crippen LogP contribution in [0.5, 0.6) is 0 Å². The van der Waals surface area contributed by atoms with E-state index < -0.39 is 0 Å². The fourth-order valence-electron chi connectivity index (χ4n) is 2.64. The van der Waals surface area contributed by atoms with E-state index in [2.05, 4.69) is 22.0 Å². The summed E-state index contributed by atoms with van der Waals surface area (Å²) in [5.74, 6) is 0.201. The van der Waals surface area contributed by atoms with Crippen LogP contribution >= 0.6 is 15.9 Å². The molecule has 2 aromatic rings. The molecule has 1 fully saturated rings. The van der Waals surface area contributed by atoms with E-state index in [1.165, 1.54) is 5.56 Å². The van der Waals surface area contributed by atoms with Gasteiger partial charge >= 0.3 is 0 Å². The maximum atomic E-state index is 12.2. The molecule has 1 heterocycles. The zero-order valence-electron chi connectivity index (χ0n) is 10.4. The lowest BCUT2D eigenvalue weighted by atomic mass is 10.0. The third-order valence-electron chi connectivity index (χ3n) is 3.51. The largest absolute Gasteiger partial charge is 0.305 e. The average molecular weight is 316 g/mol. The van der Waals surface area contributed by atoms with Crippen LogP contribution in [-0.4, -0.2) is 5.91 Å². The highest BCUT2D eigenvalue weighted by Crippen LogP contribution is 2.39. The van der Waals surface area contributed by atoms with Gasteiger partial charge in [0, 0.05) is 16.6 Å². The first kappa shape index (κ1) is 12.4. The van der Waals surface area contributed by atoms with Crippen molar-refractivity contribution in [3.8, 4) is 0 Å². The highest BCUT2D eigenvalue weighted by Gasteiger charge is 2.33. The molecule has 1 aliphatic rings. The van der Waals surface area contributed by atoms with Crippen LogP contribution in [0.2, 0.25) is 0 Å². The summed E-state index contributed by atoms with van der Waals surface area (Å²) in [4.78, 5) is 14.1. The SMILES string of the molecule is O=C1CCC(c2ccccc2Br)N1c1ccccc1. The van der Waals surface area contributed by atoms with Crippen LogP contribution < -0.4 is 4.90 Å². The second kappa shape index (κ2) is 5.17. The van der Waals surface area contributed by atoms with Crippen molar-refractivity contribution >= 4 is 27.5 Å². The van der Waals surface area contributed by atoms with Gasteiger partial charge in [-0.25, -0.2) is 0 Å². The average Bonchev–Trinajstić information content (AvgIpc) is 2.82. The van der Waals surface area contributed by atoms with Gasteiger partial charge in [0.2, 0.25) is 5.91 Å². The summed E-state index contributed by atoms with van der Waals surface area (Å²) < 4.78 is 1.07. The zero-order valence-corrected chi connectivity index (χ0v) is 12.0. The molecule has 1 atom stereocenters. The van der Waals surface area contributed by atoms with E-state index >= 15 is 0 Å². The molecule has 19 heavy (non-hydrogen) atoms. The molecule has 96 valence electrons. The quantitative estimate of drug-likeness (QED) is 0.808. The normalized spacial score (nSPS) is 18.9. The number of carbonyl (C=O) groups is 1. The highest BCUT2D eigenvalue weighted by molar-refractivity contribution is 9.10. The fourth-order valence-corrected chi connectivity index (χ4v) is 3.19. The molecule has 2 nitrogen and oxygen atoms in total. The van der Waals surface area contributed by atoms with Crippen molar-refractivity contribution in [3.63, 3.8) is 0 Å². The van der Waals surface area contributed by atoms with Crippen LogP contribution in [0.3, 0.4) is 0 Å². The number of para-hydroxylation sites is 1. The van der Waals surface area contributed by atoms with Gasteiger partial charge in [0.1, 0.15) is 0 Å². The van der Waals surface area contributed by atoms with E-state index in [0.29, 0.717) is 6.42 Å². The van der Waals surface area contributed by atoms with Crippen molar-refractivity contribution in [2.24, 2.45) is 0 Å². The minimum atomic E-state index is 0.130. The summed E-state index contributed by atoms with van der Waals surface area (Å²) in [6.45, 7) is 0. The van der Waals surface area contributed by atoms with Crippen LogP contribution in [0.15, 0.2) is 59.1 Å². The van der Waals surface area contributed by atoms with E-state index in [1.807, 2.05) is 53.4 Å². The Morgan fingerprint density at radius 1 is 1.00 bits per heavy atom. The lowest BCUT2D eigenvalue weighted by Gasteiger charge is -2.26. The summed E-state index contributed by atoms with van der Waals surface area (Å²) in [5, 5.41) is 0. The number of nitrogens with zero attached hydrogens (tertiary/aromatic N) is 1. The monoisotopic (exact) mass is 315 g/mol. The van der Waals surface area contributed by atoms with Gasteiger partial charge in [-0.1, -0.05) is 52.3 Å². The Kier molecular flexibility index (Phi) is 3.38. The highest BCUT2D eigenvalue weighted by atomic mass is 79.9. The van der Waals surface area contributed by atoms with Gasteiger partial charge in [0.05, 0.1) is 6.04 Å². The number of amides is 1. The predicted octanol–water partition coefficient (Wildman–Crippen LogP) is 4.32. The number of anilines is 1. The molecule has 3 rings (SSSR count). The van der Waals surface area contributed by atoms with Crippen LogP contribution in [0.1, 0.15) is 24.4 Å². The number of benzene rings is 2. The van der Waals surface area contributed by atoms with E-state index in [4.69, 9.17) is 0 Å². The molecule has 1 amide bonds. The summed E-state index contributed by atoms with van der Waals surface area (Å²) >= 11 is 3.59. The molecule has 2 aromatic carbocycles. The Morgan fingerprint density at radius 2 is 1.68 bits per heavy atom. The summed E-state index contributed by atoms with van der Waals surface area (Å²) in [7, 11) is 0. The second-order valence-electron chi connectivity index (χ2n) is 4.68. The Bertz CT molecular complexity index is 597. The molecule has 0 radical (unpaired) electrons. The summed E-state index contributed by atoms with van der Waals surface area (Å²) in [6, 6.07) is 18.2. The number of rotatable bonds is 2. The van der Waals surface area contributed by atoms with Gasteiger partial charge in [-0.3, -0.25) is 4.79 Å². The predicted molar refractivity (Wildman–Crippen MR) is 80.0 cm³/mol. The molecule has 1 aliphatic heterocycles. The van der Waals surface area contributed by atoms with Gasteiger partial charge in [-0.15, -0.1) is 0 Å². The van der Waals surface area contributed by atoms with Gasteiger partial charge in [0.25, 0.3) is 0 Å². The van der Waals surface area contributed by atoms with Gasteiger partial charge in [0.15, 0.2) is 0 Å². The zero-order chi connectivity index (χ0) is 13.2. The van der Waals surface area contributed by atoms with Crippen molar-refractivity contribution in [2.75, 3.05) is 4.90 Å². The Morgan fingerprint density at radius 3 is 2.42 bits per heavy atom. The summed E-state index contributed by atoms with van der Waals surface area (Å²) in [6.07, 6.45) is 1.48. The number of carbonyl (C=O) groups excluding carboxylic acids is 1. The molecule has 1 unspecified atom stereocenters. The fraction of sp³-hybridized carbons (Fsp3) is 0.188. The molecular weight excluding hydrogens is 302 g/mol. The first-order chi connectivity index (χ1) is 9.27. The molecule has 0 saturated carbocycles. The minimum absolute atomic E-state index is 0.130. The maximum Gasteiger partial charge on any atom is 0.227 e. The van der Waals surface area contributed by atoms with Crippen molar-refractivity contribution in [1.82, 2.24) is 0 Å². The molecule has 1 saturated heterocycles. The second-order valence-corrected chi connectivity index (χ2v) is 5.53. The van der Waals surface area contributed by atoms with E-state index in [9.17, 15) is 4.79 Å². The Hall–Kier alpha value is -1.61. The molecule has 0 bridgehead atoms. The van der Waals surface area contributed by atoms with Crippen LogP contribution in [-0.2, 0) is 4.79 Å². The standard InChI is InChI=1S/C16H14BrNO/c17-14-9-5-4-8-13(14)15-10-11-16(19)18(15)12-6-2-1-3-7-12/h1-9,15H,10-11H2. The first-order valence-corrected chi connectivity index (χ1v) is 7.18. The molecular formula is C16H14BrNO. The molecule has 0 aliphatic carbocycles. The minimum Gasteiger partial charge on any atom is -0.305 e. The number of halogens is 1. The third kappa shape index (κ3) is 2.30. The third-order valence-corrected chi connectivity index (χ3v) is 4.23. The number of hydrogen-bond acceptors (Lipinski definition) is 1. The van der Waals surface area contributed by atoms with Gasteiger partial charge in [-0.05, 0) is 30.2 Å². The Labute approximate surface area is 121 Å². The van der Waals surface area contributed by atoms with Crippen LogP contribution in [0.4, 0.5) is 5.69 Å². The number of hydrogen-bond donors (Lipinski definition) is 0. The van der Waals surface area contributed by atoms with Gasteiger partial charge < -0.3 is 4.90 Å². The van der Waals surface area contributed by atoms with Crippen LogP contribution in [0.25, 0.3) is 0 Å². The van der Waals surface area contributed by atoms with Crippen molar-refractivity contribution in [3.05, 3.63) is 64.6 Å². The molecule has 0 aromatic heterocycles. The lowest BCUT2D eigenvalue weighted by molar-refractivity contribution is -0.117. The van der Waals surface area contributed by atoms with Crippen LogP contribution in [0, 0.1) is 0 Å². The molecule has 3 heteroatoms. The van der Waals surface area contributed by atoms with Gasteiger partial charge in [-0.2, -0.15) is 0 Å². The van der Waals surface area contributed by atoms with Crippen molar-refractivity contribution in [2.45, 2.75) is 18.9 Å². The first-order valence-electron chi connectivity index (χ1n) is 6.39. The van der Waals surface area contributed by atoms with E-state index in [-0.39, 0.29) is 11.9 Å². The van der Waals surface area contributed by atoms with Crippen molar-refractivity contribution in [1.29, 1.82) is 0 Å². The maximum absolute atomic E-state index is 12.2. The topological polar surface area (TPSA) is 20.3 Å². The molecule has 0 N–H and O–H groups in total. The van der Waals surface area contributed by atoms with E-state index in [0.717, 1.165) is 16.6 Å².